The minimum absolute atomic E-state index is 0.0272. The first-order valence-corrected chi connectivity index (χ1v) is 11.2. The Morgan fingerprint density at radius 3 is 2.53 bits per heavy atom. The SMILES string of the molecule is Cc1cccc(CNC2CCN(c3ccc(C(=O)N4CCCC(O)C4)cc3)CC2)c1. The molecule has 2 aliphatic rings. The fourth-order valence-electron chi connectivity index (χ4n) is 4.56. The van der Waals surface area contributed by atoms with Gasteiger partial charge in [-0.05, 0) is 62.4 Å². The van der Waals surface area contributed by atoms with Gasteiger partial charge >= 0.3 is 0 Å². The zero-order valence-corrected chi connectivity index (χ0v) is 17.9. The standard InChI is InChI=1S/C25H33N3O2/c1-19-4-2-5-20(16-19)17-26-22-11-14-27(15-12-22)23-9-7-21(8-10-23)25(30)28-13-3-6-24(29)18-28/h2,4-5,7-10,16,22,24,26,29H,3,6,11-15,17-18H2,1H3. The number of anilines is 1. The summed E-state index contributed by atoms with van der Waals surface area (Å²) in [6.45, 7) is 6.30. The highest BCUT2D eigenvalue weighted by molar-refractivity contribution is 5.94. The number of carbonyl (C=O) groups is 1. The minimum Gasteiger partial charge on any atom is -0.391 e. The van der Waals surface area contributed by atoms with E-state index in [2.05, 4.69) is 53.5 Å². The molecule has 4 rings (SSSR count). The van der Waals surface area contributed by atoms with Crippen LogP contribution in [0.5, 0.6) is 0 Å². The molecule has 1 atom stereocenters. The summed E-state index contributed by atoms with van der Waals surface area (Å²) in [4.78, 5) is 16.9. The van der Waals surface area contributed by atoms with Crippen LogP contribution in [0.15, 0.2) is 48.5 Å². The van der Waals surface area contributed by atoms with Crippen LogP contribution in [-0.2, 0) is 6.54 Å². The number of β-amino-alcohol motifs (C(OH)–C–C–N with tert-alkyl or cyclic N) is 1. The van der Waals surface area contributed by atoms with Crippen molar-refractivity contribution in [1.82, 2.24) is 10.2 Å². The lowest BCUT2D eigenvalue weighted by Crippen LogP contribution is -2.42. The lowest BCUT2D eigenvalue weighted by atomic mass is 10.0. The molecule has 2 heterocycles. The summed E-state index contributed by atoms with van der Waals surface area (Å²) < 4.78 is 0. The van der Waals surface area contributed by atoms with Crippen molar-refractivity contribution < 1.29 is 9.90 Å². The number of nitrogens with zero attached hydrogens (tertiary/aromatic N) is 2. The Labute approximate surface area is 179 Å². The van der Waals surface area contributed by atoms with Crippen LogP contribution in [-0.4, -0.2) is 54.2 Å². The lowest BCUT2D eigenvalue weighted by molar-refractivity contribution is 0.0474. The molecule has 2 N–H and O–H groups in total. The monoisotopic (exact) mass is 407 g/mol. The number of piperidine rings is 2. The number of aliphatic hydroxyl groups excluding tert-OH is 1. The van der Waals surface area contributed by atoms with Crippen molar-refractivity contribution in [1.29, 1.82) is 0 Å². The Hall–Kier alpha value is -2.37. The predicted molar refractivity (Wildman–Crippen MR) is 121 cm³/mol. The van der Waals surface area contributed by atoms with E-state index >= 15 is 0 Å². The van der Waals surface area contributed by atoms with E-state index in [9.17, 15) is 9.90 Å². The number of carbonyl (C=O) groups excluding carboxylic acids is 1. The van der Waals surface area contributed by atoms with Gasteiger partial charge in [0.15, 0.2) is 0 Å². The summed E-state index contributed by atoms with van der Waals surface area (Å²) in [6.07, 6.45) is 3.52. The largest absolute Gasteiger partial charge is 0.391 e. The number of aryl methyl sites for hydroxylation is 1. The van der Waals surface area contributed by atoms with E-state index in [-0.39, 0.29) is 12.0 Å². The highest BCUT2D eigenvalue weighted by Crippen LogP contribution is 2.22. The minimum atomic E-state index is -0.386. The number of benzene rings is 2. The molecule has 5 heteroatoms. The third-order valence-corrected chi connectivity index (χ3v) is 6.34. The fourth-order valence-corrected chi connectivity index (χ4v) is 4.56. The number of rotatable bonds is 5. The van der Waals surface area contributed by atoms with Crippen LogP contribution in [0.4, 0.5) is 5.69 Å². The maximum Gasteiger partial charge on any atom is 0.253 e. The van der Waals surface area contributed by atoms with Crippen LogP contribution >= 0.6 is 0 Å². The summed E-state index contributed by atoms with van der Waals surface area (Å²) >= 11 is 0. The topological polar surface area (TPSA) is 55.8 Å². The second kappa shape index (κ2) is 9.63. The fraction of sp³-hybridized carbons (Fsp3) is 0.480. The molecule has 0 radical (unpaired) electrons. The highest BCUT2D eigenvalue weighted by atomic mass is 16.3. The first kappa shape index (κ1) is 20.9. The molecular formula is C25H33N3O2. The molecule has 1 unspecified atom stereocenters. The van der Waals surface area contributed by atoms with Crippen LogP contribution in [0.1, 0.15) is 47.2 Å². The molecule has 0 aliphatic carbocycles. The van der Waals surface area contributed by atoms with Crippen molar-refractivity contribution in [3.05, 3.63) is 65.2 Å². The molecule has 5 nitrogen and oxygen atoms in total. The Morgan fingerprint density at radius 2 is 1.83 bits per heavy atom. The molecule has 2 saturated heterocycles. The molecule has 1 amide bonds. The van der Waals surface area contributed by atoms with Crippen LogP contribution in [0, 0.1) is 6.92 Å². The number of likely N-dealkylation sites (tertiary alicyclic amines) is 1. The van der Waals surface area contributed by atoms with Gasteiger partial charge in [0.25, 0.3) is 5.91 Å². The number of aliphatic hydroxyl groups is 1. The average Bonchev–Trinajstić information content (AvgIpc) is 2.78. The van der Waals surface area contributed by atoms with Crippen molar-refractivity contribution in [2.24, 2.45) is 0 Å². The summed E-state index contributed by atoms with van der Waals surface area (Å²) in [6, 6.07) is 17.2. The van der Waals surface area contributed by atoms with E-state index in [1.807, 2.05) is 12.1 Å². The first-order valence-electron chi connectivity index (χ1n) is 11.2. The summed E-state index contributed by atoms with van der Waals surface area (Å²) in [5.41, 5.74) is 4.55. The first-order chi connectivity index (χ1) is 14.6. The van der Waals surface area contributed by atoms with E-state index in [1.54, 1.807) is 4.90 Å². The molecule has 0 aromatic heterocycles. The van der Waals surface area contributed by atoms with Gasteiger partial charge in [0, 0.05) is 50.0 Å². The zero-order chi connectivity index (χ0) is 20.9. The second-order valence-corrected chi connectivity index (χ2v) is 8.73. The summed E-state index contributed by atoms with van der Waals surface area (Å²) in [5.74, 6) is 0.0272. The van der Waals surface area contributed by atoms with Gasteiger partial charge < -0.3 is 20.2 Å². The van der Waals surface area contributed by atoms with E-state index in [0.717, 1.165) is 51.9 Å². The van der Waals surface area contributed by atoms with Gasteiger partial charge in [0.2, 0.25) is 0 Å². The van der Waals surface area contributed by atoms with Crippen molar-refractivity contribution in [3.8, 4) is 0 Å². The summed E-state index contributed by atoms with van der Waals surface area (Å²) in [5, 5.41) is 13.5. The molecule has 0 spiro atoms. The van der Waals surface area contributed by atoms with Gasteiger partial charge in [0.05, 0.1) is 6.10 Å². The average molecular weight is 408 g/mol. The number of amides is 1. The third kappa shape index (κ3) is 5.21. The molecule has 2 fully saturated rings. The van der Waals surface area contributed by atoms with Crippen LogP contribution in [0.2, 0.25) is 0 Å². The zero-order valence-electron chi connectivity index (χ0n) is 17.9. The van der Waals surface area contributed by atoms with E-state index < -0.39 is 0 Å². The summed E-state index contributed by atoms with van der Waals surface area (Å²) in [7, 11) is 0. The molecule has 2 aliphatic heterocycles. The Kier molecular flexibility index (Phi) is 6.70. The molecule has 160 valence electrons. The van der Waals surface area contributed by atoms with Gasteiger partial charge in [-0.15, -0.1) is 0 Å². The van der Waals surface area contributed by atoms with Crippen LogP contribution in [0.3, 0.4) is 0 Å². The maximum atomic E-state index is 12.7. The van der Waals surface area contributed by atoms with Crippen LogP contribution < -0.4 is 10.2 Å². The van der Waals surface area contributed by atoms with E-state index in [4.69, 9.17) is 0 Å². The molecule has 30 heavy (non-hydrogen) atoms. The number of hydrogen-bond donors (Lipinski definition) is 2. The van der Waals surface area contributed by atoms with Gasteiger partial charge in [-0.25, -0.2) is 0 Å². The van der Waals surface area contributed by atoms with Gasteiger partial charge in [-0.2, -0.15) is 0 Å². The van der Waals surface area contributed by atoms with Crippen molar-refractivity contribution in [3.63, 3.8) is 0 Å². The van der Waals surface area contributed by atoms with Gasteiger partial charge in [-0.3, -0.25) is 4.79 Å². The smallest absolute Gasteiger partial charge is 0.253 e. The molecular weight excluding hydrogens is 374 g/mol. The molecule has 2 aromatic rings. The third-order valence-electron chi connectivity index (χ3n) is 6.34. The van der Waals surface area contributed by atoms with Gasteiger partial charge in [-0.1, -0.05) is 29.8 Å². The second-order valence-electron chi connectivity index (χ2n) is 8.73. The molecule has 0 bridgehead atoms. The number of nitrogens with one attached hydrogen (secondary N) is 1. The quantitative estimate of drug-likeness (QED) is 0.798. The van der Waals surface area contributed by atoms with E-state index in [0.29, 0.717) is 18.2 Å². The Balaban J connectivity index is 1.27. The lowest BCUT2D eigenvalue weighted by Gasteiger charge is -2.34. The normalized spacial score (nSPS) is 20.4. The Bertz CT molecular complexity index is 844. The molecule has 0 saturated carbocycles. The van der Waals surface area contributed by atoms with Gasteiger partial charge in [0.1, 0.15) is 0 Å². The van der Waals surface area contributed by atoms with E-state index in [1.165, 1.54) is 16.8 Å². The van der Waals surface area contributed by atoms with Crippen molar-refractivity contribution >= 4 is 11.6 Å². The highest BCUT2D eigenvalue weighted by Gasteiger charge is 2.24. The van der Waals surface area contributed by atoms with Crippen LogP contribution in [0.25, 0.3) is 0 Å². The number of hydrogen-bond acceptors (Lipinski definition) is 4. The van der Waals surface area contributed by atoms with Crippen molar-refractivity contribution in [2.75, 3.05) is 31.1 Å². The molecule has 2 aromatic carbocycles. The predicted octanol–water partition coefficient (Wildman–Crippen LogP) is 3.35. The Morgan fingerprint density at radius 1 is 1.07 bits per heavy atom. The maximum absolute atomic E-state index is 12.7. The van der Waals surface area contributed by atoms with Crippen molar-refractivity contribution in [2.45, 2.75) is 51.3 Å².